The zero-order valence-corrected chi connectivity index (χ0v) is 60.9. The smallest absolute Gasteiger partial charge is 0.246 e. The molecule has 3 aliphatic heterocycles. The predicted octanol–water partition coefficient (Wildman–Crippen LogP) is 2.15. The number of nitrogens with one attached hydrogen (secondary N) is 4. The van der Waals surface area contributed by atoms with E-state index in [0.717, 1.165) is 0 Å². The number of rotatable bonds is 15. The van der Waals surface area contributed by atoms with Crippen molar-refractivity contribution in [3.8, 4) is 0 Å². The number of aliphatic hydroxyl groups excluding tert-OH is 1. The van der Waals surface area contributed by atoms with Gasteiger partial charge in [0.25, 0.3) is 0 Å². The van der Waals surface area contributed by atoms with Crippen molar-refractivity contribution >= 4 is 70.2 Å². The number of carbonyl (C=O) groups excluding carboxylic acids is 10. The van der Waals surface area contributed by atoms with Gasteiger partial charge < -0.3 is 70.0 Å². The molecule has 5 N–H and O–H groups in total. The molecule has 27 heteroatoms. The molecular weight excluding hydrogens is 1220 g/mol. The summed E-state index contributed by atoms with van der Waals surface area (Å²) in [6, 6.07) is -13.4. The average molecular weight is 1330 g/mol. The fraction of sp³-hybridized carbons (Fsp3) is 0.818. The van der Waals surface area contributed by atoms with Gasteiger partial charge in [0, 0.05) is 54.1 Å². The molecule has 17 unspecified atom stereocenters. The quantitative estimate of drug-likeness (QED) is 0.116. The summed E-state index contributed by atoms with van der Waals surface area (Å²) in [7, 11) is 10.3. The standard InChI is InChI=1S/C66H118N12O14S/c1-24-26-27-40(11)55-54-59(82)69-47(25-2)62(85)71(17)44(15)61(84)75(21)52(41(12)35-78-30-28-46(29-31-78)93(90)91)58(81)70-51(39(9)10)65(88)72(18)48(32-36(3)4)57(80)67-42(13)56(79)68-43(14)60(83)73(19)49(33-37(5)6)63(86)74(20)50(34-38(7)8)64(87)76(22)53(45(16)92-55)66(89)77(54)23/h24,26,36-55,64,87H,25,27-35H2,1-23H3,(H,67,80)(H,68,79)(H,69,82)(H,70,81)(H,90,91)/p-1. The van der Waals surface area contributed by atoms with Crippen LogP contribution in [0.1, 0.15) is 156 Å². The Morgan fingerprint density at radius 3 is 1.63 bits per heavy atom. The van der Waals surface area contributed by atoms with Crippen LogP contribution in [0, 0.1) is 35.5 Å². The summed E-state index contributed by atoms with van der Waals surface area (Å²) >= 11 is -2.28. The molecule has 0 aromatic heterocycles. The monoisotopic (exact) mass is 1330 g/mol. The number of hydrogen-bond donors (Lipinski definition) is 5. The Bertz CT molecular complexity index is 2620. The highest BCUT2D eigenvalue weighted by Gasteiger charge is 2.51. The number of piperidine rings is 1. The molecule has 0 aliphatic carbocycles. The first-order valence-electron chi connectivity index (χ1n) is 33.5. The minimum atomic E-state index is -2.28. The maximum atomic E-state index is 15.2. The van der Waals surface area contributed by atoms with Crippen LogP contribution < -0.4 is 21.3 Å². The van der Waals surface area contributed by atoms with Crippen LogP contribution in [0.15, 0.2) is 12.2 Å². The summed E-state index contributed by atoms with van der Waals surface area (Å²) in [6.45, 7) is 29.0. The van der Waals surface area contributed by atoms with E-state index in [0.29, 0.717) is 32.4 Å². The lowest BCUT2D eigenvalue weighted by molar-refractivity contribution is -0.157. The summed E-state index contributed by atoms with van der Waals surface area (Å²) in [6.07, 6.45) is 2.02. The zero-order chi connectivity index (χ0) is 71.1. The highest BCUT2D eigenvalue weighted by Crippen LogP contribution is 2.31. The number of allylic oxidation sites excluding steroid dienone is 2. The Hall–Kier alpha value is -5.61. The Labute approximate surface area is 557 Å². The first-order valence-corrected chi connectivity index (χ1v) is 34.6. The van der Waals surface area contributed by atoms with Crippen LogP contribution in [0.5, 0.6) is 0 Å². The minimum Gasteiger partial charge on any atom is -0.772 e. The number of aliphatic hydroxyl groups is 1. The molecule has 3 aliphatic rings. The Balaban J connectivity index is 2.34. The lowest BCUT2D eigenvalue weighted by atomic mass is 9.92. The van der Waals surface area contributed by atoms with Gasteiger partial charge in [0.2, 0.25) is 59.1 Å². The molecule has 0 aromatic rings. The number of ether oxygens (including phenoxy) is 1. The normalized spacial score (nSPS) is 31.2. The van der Waals surface area contributed by atoms with Crippen LogP contribution >= 0.6 is 0 Å². The molecule has 2 bridgehead atoms. The van der Waals surface area contributed by atoms with Crippen molar-refractivity contribution < 1.29 is 66.6 Å². The summed E-state index contributed by atoms with van der Waals surface area (Å²) in [4.78, 5) is 159. The third-order valence-corrected chi connectivity index (χ3v) is 20.0. The average Bonchev–Trinajstić information content (AvgIpc) is 1.85. The minimum absolute atomic E-state index is 0.0413. The molecule has 3 fully saturated rings. The van der Waals surface area contributed by atoms with E-state index in [4.69, 9.17) is 4.74 Å². The number of carbonyl (C=O) groups is 10. The highest BCUT2D eigenvalue weighted by atomic mass is 32.2. The second kappa shape index (κ2) is 36.5. The van der Waals surface area contributed by atoms with Gasteiger partial charge in [0.05, 0.1) is 18.2 Å². The maximum Gasteiger partial charge on any atom is 0.246 e. The Kier molecular flexibility index (Phi) is 32.0. The molecule has 532 valence electrons. The summed E-state index contributed by atoms with van der Waals surface area (Å²) in [5.41, 5.74) is 0. The fourth-order valence-electron chi connectivity index (χ4n) is 13.1. The molecule has 10 amide bonds. The molecule has 3 heterocycles. The van der Waals surface area contributed by atoms with E-state index >= 15 is 24.0 Å². The number of fused-ring (bicyclic) bond motifs is 3. The maximum absolute atomic E-state index is 15.2. The topological polar surface area (TPSA) is 314 Å². The third-order valence-electron chi connectivity index (χ3n) is 19.0. The molecule has 0 spiro atoms. The van der Waals surface area contributed by atoms with Crippen molar-refractivity contribution in [2.75, 3.05) is 69.0 Å². The number of likely N-dealkylation sites (tertiary alicyclic amines) is 1. The fourth-order valence-corrected chi connectivity index (χ4v) is 13.7. The van der Waals surface area contributed by atoms with Crippen LogP contribution in [-0.2, 0) is 63.8 Å². The number of nitrogens with zero attached hydrogens (tertiary/aromatic N) is 8. The Morgan fingerprint density at radius 2 is 1.12 bits per heavy atom. The molecular formula is C66H117N12O14S-. The second-order valence-electron chi connectivity index (χ2n) is 28.3. The number of hydrogen-bond acceptors (Lipinski definition) is 16. The summed E-state index contributed by atoms with van der Waals surface area (Å²) in [5.74, 6) is -8.65. The van der Waals surface area contributed by atoms with E-state index < -0.39 is 178 Å². The lowest BCUT2D eigenvalue weighted by Crippen LogP contribution is -2.63. The van der Waals surface area contributed by atoms with Gasteiger partial charge in [-0.2, -0.15) is 0 Å². The molecule has 17 atom stereocenters. The first-order chi connectivity index (χ1) is 43.2. The molecule has 3 saturated heterocycles. The van der Waals surface area contributed by atoms with Crippen molar-refractivity contribution in [3.63, 3.8) is 0 Å². The number of amides is 10. The van der Waals surface area contributed by atoms with Gasteiger partial charge in [-0.05, 0) is 135 Å². The van der Waals surface area contributed by atoms with E-state index in [1.165, 1.54) is 97.4 Å². The van der Waals surface area contributed by atoms with Gasteiger partial charge in [0.15, 0.2) is 0 Å². The number of likely N-dealkylation sites (N-methyl/N-ethyl adjacent to an activating group) is 7. The van der Waals surface area contributed by atoms with Gasteiger partial charge in [-0.3, -0.25) is 57.1 Å². The van der Waals surface area contributed by atoms with E-state index in [1.807, 2.05) is 72.4 Å². The van der Waals surface area contributed by atoms with Crippen LogP contribution in [0.2, 0.25) is 0 Å². The van der Waals surface area contributed by atoms with Crippen molar-refractivity contribution in [2.24, 2.45) is 35.5 Å². The molecule has 0 radical (unpaired) electrons. The van der Waals surface area contributed by atoms with Crippen LogP contribution in [-0.4, -0.2) is 271 Å². The zero-order valence-electron chi connectivity index (χ0n) is 60.1. The summed E-state index contributed by atoms with van der Waals surface area (Å²) < 4.78 is 30.7. The van der Waals surface area contributed by atoms with E-state index in [9.17, 15) is 37.8 Å². The molecule has 93 heavy (non-hydrogen) atoms. The van der Waals surface area contributed by atoms with E-state index in [-0.39, 0.29) is 50.0 Å². The first kappa shape index (κ1) is 81.6. The second-order valence-corrected chi connectivity index (χ2v) is 29.4. The molecule has 26 nitrogen and oxygen atoms in total. The van der Waals surface area contributed by atoms with Gasteiger partial charge in [-0.15, -0.1) is 0 Å². The van der Waals surface area contributed by atoms with Crippen molar-refractivity contribution in [1.29, 1.82) is 0 Å². The van der Waals surface area contributed by atoms with Gasteiger partial charge in [0.1, 0.15) is 66.6 Å². The van der Waals surface area contributed by atoms with Gasteiger partial charge >= 0.3 is 0 Å². The van der Waals surface area contributed by atoms with Crippen LogP contribution in [0.4, 0.5) is 0 Å². The van der Waals surface area contributed by atoms with Crippen molar-refractivity contribution in [2.45, 2.75) is 246 Å². The SMILES string of the molecule is CC=CCC(C)C1OC(C)C2C(=O)N(C)C1C(=O)NC(CC)C(=O)N(C)C(C)C(=O)N(C)C(C(C)CN1CCC(S(=O)[O-])CC1)C(=O)NC(C(C)C)C(=O)N(C)C(CC(C)C)C(=O)NC(C)C(=O)NC(C)C(=O)N(C)C(CC(C)C)C(=O)N(C)C(CC(C)C)C(O)N2C. The third kappa shape index (κ3) is 21.2. The van der Waals surface area contributed by atoms with E-state index in [2.05, 4.69) is 21.3 Å². The summed E-state index contributed by atoms with van der Waals surface area (Å²) in [5, 5.41) is 23.3. The van der Waals surface area contributed by atoms with Crippen molar-refractivity contribution in [1.82, 2.24) is 60.5 Å². The largest absolute Gasteiger partial charge is 0.772 e. The van der Waals surface area contributed by atoms with Gasteiger partial charge in [-0.1, -0.05) is 99.4 Å². The van der Waals surface area contributed by atoms with E-state index in [1.54, 1.807) is 41.7 Å². The molecule has 0 saturated carbocycles. The van der Waals surface area contributed by atoms with Crippen LogP contribution in [0.25, 0.3) is 0 Å². The van der Waals surface area contributed by atoms with Crippen LogP contribution in [0.3, 0.4) is 0 Å². The molecule has 3 rings (SSSR count). The Morgan fingerprint density at radius 1 is 0.581 bits per heavy atom. The molecule has 0 aromatic carbocycles. The van der Waals surface area contributed by atoms with Crippen molar-refractivity contribution in [3.05, 3.63) is 12.2 Å². The lowest BCUT2D eigenvalue weighted by Gasteiger charge is -2.43. The van der Waals surface area contributed by atoms with Gasteiger partial charge in [-0.25, -0.2) is 0 Å². The predicted molar refractivity (Wildman–Crippen MR) is 356 cm³/mol. The highest BCUT2D eigenvalue weighted by molar-refractivity contribution is 7.79.